The fourth-order valence-corrected chi connectivity index (χ4v) is 2.56. The van der Waals surface area contributed by atoms with E-state index in [-0.39, 0.29) is 5.56 Å². The van der Waals surface area contributed by atoms with Crippen LogP contribution >= 0.6 is 0 Å². The van der Waals surface area contributed by atoms with Crippen molar-refractivity contribution in [3.8, 4) is 0 Å². The van der Waals surface area contributed by atoms with Crippen LogP contribution in [0.25, 0.3) is 0 Å². The molecular weight excluding hydrogens is 216 g/mol. The fourth-order valence-electron chi connectivity index (χ4n) is 2.56. The monoisotopic (exact) mass is 236 g/mol. The largest absolute Gasteiger partial charge is 0.370 e. The Kier molecular flexibility index (Phi) is 3.33. The van der Waals surface area contributed by atoms with E-state index in [1.54, 1.807) is 7.11 Å². The van der Waals surface area contributed by atoms with Crippen molar-refractivity contribution >= 4 is 0 Å². The van der Waals surface area contributed by atoms with E-state index < -0.39 is 5.60 Å². The van der Waals surface area contributed by atoms with Crippen LogP contribution in [0.2, 0.25) is 0 Å². The summed E-state index contributed by atoms with van der Waals surface area (Å²) in [6.07, 6.45) is 4.09. The first-order valence-electron chi connectivity index (χ1n) is 6.19. The van der Waals surface area contributed by atoms with Crippen molar-refractivity contribution in [2.45, 2.75) is 45.1 Å². The lowest BCUT2D eigenvalue weighted by Crippen LogP contribution is -2.36. The van der Waals surface area contributed by atoms with E-state index in [1.807, 2.05) is 6.92 Å². The van der Waals surface area contributed by atoms with Gasteiger partial charge in [-0.3, -0.25) is 4.79 Å². The normalized spacial score (nSPS) is 29.2. The van der Waals surface area contributed by atoms with Gasteiger partial charge in [0.05, 0.1) is 0 Å². The number of nitrogens with zero attached hydrogens (tertiary/aromatic N) is 1. The molecule has 0 bridgehead atoms. The number of rotatable bonds is 2. The minimum atomic E-state index is -0.391. The highest BCUT2D eigenvalue weighted by Gasteiger charge is 2.38. The Hall–Kier alpha value is -1.16. The van der Waals surface area contributed by atoms with Crippen LogP contribution in [-0.2, 0) is 10.3 Å². The third kappa shape index (κ3) is 2.41. The second-order valence-corrected chi connectivity index (χ2v) is 5.12. The van der Waals surface area contributed by atoms with Gasteiger partial charge in [-0.25, -0.2) is 4.98 Å². The molecule has 4 heteroatoms. The van der Waals surface area contributed by atoms with Crippen LogP contribution in [0.3, 0.4) is 0 Å². The van der Waals surface area contributed by atoms with E-state index >= 15 is 0 Å². The zero-order valence-corrected chi connectivity index (χ0v) is 10.7. The highest BCUT2D eigenvalue weighted by molar-refractivity contribution is 5.09. The number of nitrogens with one attached hydrogen (secondary N) is 1. The first-order chi connectivity index (χ1) is 8.05. The predicted octanol–water partition coefficient (Wildman–Crippen LogP) is 2.13. The van der Waals surface area contributed by atoms with Crippen LogP contribution in [0.1, 0.15) is 44.1 Å². The molecule has 0 atom stereocenters. The van der Waals surface area contributed by atoms with Gasteiger partial charge in [-0.05, 0) is 38.5 Å². The molecule has 0 aromatic carbocycles. The van der Waals surface area contributed by atoms with Gasteiger partial charge in [0.1, 0.15) is 11.4 Å². The first kappa shape index (κ1) is 12.3. The van der Waals surface area contributed by atoms with Crippen molar-refractivity contribution in [1.82, 2.24) is 9.97 Å². The SMILES string of the molecule is COC1(c2nc(C)cc(=O)[nH]2)CCC(C)CC1. The molecule has 1 heterocycles. The summed E-state index contributed by atoms with van der Waals surface area (Å²) in [6, 6.07) is 1.51. The van der Waals surface area contributed by atoms with Crippen LogP contribution in [0.5, 0.6) is 0 Å². The second-order valence-electron chi connectivity index (χ2n) is 5.12. The maximum atomic E-state index is 11.5. The zero-order valence-electron chi connectivity index (χ0n) is 10.7. The summed E-state index contributed by atoms with van der Waals surface area (Å²) in [4.78, 5) is 18.8. The van der Waals surface area contributed by atoms with Crippen LogP contribution in [0.4, 0.5) is 0 Å². The Labute approximate surface area is 101 Å². The van der Waals surface area contributed by atoms with Crippen molar-refractivity contribution in [3.05, 3.63) is 27.9 Å². The van der Waals surface area contributed by atoms with Gasteiger partial charge in [0.2, 0.25) is 0 Å². The molecule has 1 aromatic heterocycles. The fraction of sp³-hybridized carbons (Fsp3) is 0.692. The standard InChI is InChI=1S/C13H20N2O2/c1-9-4-6-13(17-3,7-5-9)12-14-10(2)8-11(16)15-12/h8-9H,4-7H2,1-3H3,(H,14,15,16). The molecule has 0 radical (unpaired) electrons. The summed E-state index contributed by atoms with van der Waals surface area (Å²) in [5, 5.41) is 0. The predicted molar refractivity (Wildman–Crippen MR) is 65.9 cm³/mol. The van der Waals surface area contributed by atoms with Crippen molar-refractivity contribution in [1.29, 1.82) is 0 Å². The quantitative estimate of drug-likeness (QED) is 0.855. The lowest BCUT2D eigenvalue weighted by atomic mass is 9.79. The number of aryl methyl sites for hydroxylation is 1. The molecular formula is C13H20N2O2. The number of hydrogen-bond acceptors (Lipinski definition) is 3. The molecule has 1 fully saturated rings. The van der Waals surface area contributed by atoms with Crippen molar-refractivity contribution in [2.24, 2.45) is 5.92 Å². The summed E-state index contributed by atoms with van der Waals surface area (Å²) in [5.74, 6) is 1.42. The van der Waals surface area contributed by atoms with E-state index in [4.69, 9.17) is 4.74 Å². The third-order valence-electron chi connectivity index (χ3n) is 3.77. The van der Waals surface area contributed by atoms with Crippen LogP contribution < -0.4 is 5.56 Å². The molecule has 2 rings (SSSR count). The number of aromatic amines is 1. The van der Waals surface area contributed by atoms with Crippen molar-refractivity contribution in [2.75, 3.05) is 7.11 Å². The summed E-state index contributed by atoms with van der Waals surface area (Å²) in [7, 11) is 1.71. The van der Waals surface area contributed by atoms with Crippen molar-refractivity contribution in [3.63, 3.8) is 0 Å². The molecule has 0 aliphatic heterocycles. The summed E-state index contributed by atoms with van der Waals surface area (Å²) < 4.78 is 5.69. The van der Waals surface area contributed by atoms with Gasteiger partial charge in [-0.1, -0.05) is 6.92 Å². The summed E-state index contributed by atoms with van der Waals surface area (Å²) in [6.45, 7) is 4.10. The Morgan fingerprint density at radius 1 is 1.47 bits per heavy atom. The third-order valence-corrected chi connectivity index (χ3v) is 3.77. The summed E-state index contributed by atoms with van der Waals surface area (Å²) >= 11 is 0. The smallest absolute Gasteiger partial charge is 0.251 e. The Balaban J connectivity index is 2.37. The number of methoxy groups -OCH3 is 1. The zero-order chi connectivity index (χ0) is 12.5. The molecule has 1 aliphatic rings. The van der Waals surface area contributed by atoms with Gasteiger partial charge in [0.25, 0.3) is 5.56 Å². The Morgan fingerprint density at radius 2 is 2.12 bits per heavy atom. The van der Waals surface area contributed by atoms with Gasteiger partial charge in [0.15, 0.2) is 0 Å². The van der Waals surface area contributed by atoms with Crippen LogP contribution in [0.15, 0.2) is 10.9 Å². The molecule has 0 unspecified atom stereocenters. The minimum absolute atomic E-state index is 0.0949. The number of hydrogen-bond donors (Lipinski definition) is 1. The average Bonchev–Trinajstić information content (AvgIpc) is 2.29. The Morgan fingerprint density at radius 3 is 2.65 bits per heavy atom. The van der Waals surface area contributed by atoms with Gasteiger partial charge in [0, 0.05) is 18.9 Å². The number of aromatic nitrogens is 2. The molecule has 17 heavy (non-hydrogen) atoms. The van der Waals surface area contributed by atoms with E-state index in [2.05, 4.69) is 16.9 Å². The molecule has 0 saturated heterocycles. The summed E-state index contributed by atoms with van der Waals surface area (Å²) in [5.41, 5.74) is 0.263. The molecule has 1 N–H and O–H groups in total. The van der Waals surface area contributed by atoms with Gasteiger partial charge in [-0.2, -0.15) is 0 Å². The highest BCUT2D eigenvalue weighted by Crippen LogP contribution is 2.40. The molecule has 0 amide bonds. The molecule has 0 spiro atoms. The van der Waals surface area contributed by atoms with Gasteiger partial charge in [-0.15, -0.1) is 0 Å². The lowest BCUT2D eigenvalue weighted by molar-refractivity contribution is -0.0600. The Bertz CT molecular complexity index is 445. The average molecular weight is 236 g/mol. The van der Waals surface area contributed by atoms with Gasteiger partial charge < -0.3 is 9.72 Å². The maximum absolute atomic E-state index is 11.5. The molecule has 1 saturated carbocycles. The molecule has 4 nitrogen and oxygen atoms in total. The second kappa shape index (κ2) is 4.61. The van der Waals surface area contributed by atoms with E-state index in [0.29, 0.717) is 5.82 Å². The first-order valence-corrected chi connectivity index (χ1v) is 6.19. The van der Waals surface area contributed by atoms with Crippen LogP contribution in [0, 0.1) is 12.8 Å². The number of H-pyrrole nitrogens is 1. The maximum Gasteiger partial charge on any atom is 0.251 e. The molecule has 1 aliphatic carbocycles. The number of ether oxygens (including phenoxy) is 1. The molecule has 94 valence electrons. The molecule has 1 aromatic rings. The highest BCUT2D eigenvalue weighted by atomic mass is 16.5. The lowest BCUT2D eigenvalue weighted by Gasteiger charge is -2.37. The topological polar surface area (TPSA) is 55.0 Å². The van der Waals surface area contributed by atoms with Crippen molar-refractivity contribution < 1.29 is 4.74 Å². The van der Waals surface area contributed by atoms with E-state index in [1.165, 1.54) is 6.07 Å². The van der Waals surface area contributed by atoms with Crippen LogP contribution in [-0.4, -0.2) is 17.1 Å². The minimum Gasteiger partial charge on any atom is -0.370 e. The van der Waals surface area contributed by atoms with E-state index in [9.17, 15) is 4.79 Å². The van der Waals surface area contributed by atoms with Gasteiger partial charge >= 0.3 is 0 Å². The van der Waals surface area contributed by atoms with E-state index in [0.717, 1.165) is 37.3 Å².